The molecule has 1 heterocycles. The van der Waals surface area contributed by atoms with E-state index in [9.17, 15) is 22.8 Å². The van der Waals surface area contributed by atoms with Gasteiger partial charge >= 0.3 is 12.1 Å². The highest BCUT2D eigenvalue weighted by Gasteiger charge is 2.55. The zero-order valence-electron chi connectivity index (χ0n) is 17.2. The topological polar surface area (TPSA) is 69.6 Å². The van der Waals surface area contributed by atoms with E-state index in [1.54, 1.807) is 24.3 Å². The first-order valence-corrected chi connectivity index (χ1v) is 10.7. The number of alkyl halides is 3. The van der Waals surface area contributed by atoms with Crippen LogP contribution in [0.3, 0.4) is 0 Å². The number of carboxylic acids is 1. The summed E-state index contributed by atoms with van der Waals surface area (Å²) in [4.78, 5) is 26.4. The minimum atomic E-state index is -4.36. The lowest BCUT2D eigenvalue weighted by Gasteiger charge is -2.29. The highest BCUT2D eigenvalue weighted by atomic mass is 19.4. The summed E-state index contributed by atoms with van der Waals surface area (Å²) in [7, 11) is 0. The first-order valence-electron chi connectivity index (χ1n) is 10.7. The summed E-state index contributed by atoms with van der Waals surface area (Å²) in [5, 5.41) is 12.3. The van der Waals surface area contributed by atoms with Gasteiger partial charge in [0.15, 0.2) is 0 Å². The number of hydrogen-bond donors (Lipinski definition) is 2. The van der Waals surface area contributed by atoms with E-state index >= 15 is 0 Å². The molecular formula is C24H23F3N2O3. The number of nitrogens with one attached hydrogen (secondary N) is 1. The lowest BCUT2D eigenvalue weighted by Crippen LogP contribution is -2.48. The Morgan fingerprint density at radius 3 is 2.25 bits per heavy atom. The highest BCUT2D eigenvalue weighted by Crippen LogP contribution is 2.50. The summed E-state index contributed by atoms with van der Waals surface area (Å²) in [6.07, 6.45) is -0.998. The van der Waals surface area contributed by atoms with Crippen molar-refractivity contribution in [2.24, 2.45) is 5.92 Å². The number of carbonyl (C=O) groups excluding carboxylic acids is 1. The highest BCUT2D eigenvalue weighted by molar-refractivity contribution is 5.87. The van der Waals surface area contributed by atoms with Gasteiger partial charge in [0.05, 0.1) is 22.7 Å². The number of carbonyl (C=O) groups is 2. The molecule has 0 aromatic heterocycles. The molecule has 3 atom stereocenters. The van der Waals surface area contributed by atoms with Crippen molar-refractivity contribution in [3.8, 4) is 0 Å². The maximum Gasteiger partial charge on any atom is 0.416 e. The van der Waals surface area contributed by atoms with Crippen LogP contribution in [0.25, 0.3) is 0 Å². The number of benzene rings is 2. The Bertz CT molecular complexity index is 1050. The van der Waals surface area contributed by atoms with Crippen LogP contribution in [-0.4, -0.2) is 34.0 Å². The molecule has 32 heavy (non-hydrogen) atoms. The zero-order valence-corrected chi connectivity index (χ0v) is 17.2. The van der Waals surface area contributed by atoms with Crippen molar-refractivity contribution in [3.63, 3.8) is 0 Å². The van der Waals surface area contributed by atoms with E-state index in [1.807, 2.05) is 0 Å². The fourth-order valence-corrected chi connectivity index (χ4v) is 4.90. The second kappa shape index (κ2) is 7.33. The molecule has 2 N–H and O–H groups in total. The van der Waals surface area contributed by atoms with Crippen LogP contribution in [0.2, 0.25) is 0 Å². The number of hydrogen-bond acceptors (Lipinski definition) is 3. The molecule has 0 spiro atoms. The minimum Gasteiger partial charge on any atom is -0.478 e. The van der Waals surface area contributed by atoms with Crippen LogP contribution in [0.15, 0.2) is 48.5 Å². The van der Waals surface area contributed by atoms with Crippen LogP contribution in [0.4, 0.5) is 13.2 Å². The Labute approximate surface area is 183 Å². The molecule has 5 nitrogen and oxygen atoms in total. The fourth-order valence-electron chi connectivity index (χ4n) is 4.90. The van der Waals surface area contributed by atoms with Gasteiger partial charge in [-0.2, -0.15) is 13.2 Å². The Hall–Kier alpha value is -2.87. The molecule has 0 bridgehead atoms. The molecule has 3 fully saturated rings. The van der Waals surface area contributed by atoms with Gasteiger partial charge in [0.2, 0.25) is 5.91 Å². The molecule has 0 radical (unpaired) electrons. The van der Waals surface area contributed by atoms with Crippen molar-refractivity contribution >= 4 is 11.9 Å². The molecule has 2 saturated carbocycles. The van der Waals surface area contributed by atoms with Crippen LogP contribution in [0, 0.1) is 5.92 Å². The van der Waals surface area contributed by atoms with Crippen molar-refractivity contribution in [1.82, 2.24) is 10.2 Å². The van der Waals surface area contributed by atoms with Crippen molar-refractivity contribution in [2.75, 3.05) is 0 Å². The summed E-state index contributed by atoms with van der Waals surface area (Å²) in [6.45, 7) is 0.442. The van der Waals surface area contributed by atoms with Crippen molar-refractivity contribution in [2.45, 2.75) is 56.0 Å². The van der Waals surface area contributed by atoms with E-state index in [1.165, 1.54) is 12.1 Å². The Kier molecular flexibility index (Phi) is 4.81. The van der Waals surface area contributed by atoms with Gasteiger partial charge in [-0.3, -0.25) is 9.69 Å². The van der Waals surface area contributed by atoms with Crippen LogP contribution >= 0.6 is 0 Å². The standard InChI is InChI=1S/C24H23F3N2O3/c25-24(26,27)18-5-1-14(2-6-18)13-29-19-11-16(19)12-20(29)21(30)28-23(9-10-23)17-7-3-15(4-8-17)22(31)32/h1-8,16,19-20H,9-13H2,(H,28,30)(H,31,32). The van der Waals surface area contributed by atoms with Gasteiger partial charge in [-0.25, -0.2) is 4.79 Å². The normalized spacial score (nSPS) is 25.8. The summed E-state index contributed by atoms with van der Waals surface area (Å²) in [5.74, 6) is -0.594. The van der Waals surface area contributed by atoms with Crippen LogP contribution in [-0.2, 0) is 23.1 Å². The fraction of sp³-hybridized carbons (Fsp3) is 0.417. The van der Waals surface area contributed by atoms with E-state index in [0.717, 1.165) is 48.9 Å². The molecule has 168 valence electrons. The van der Waals surface area contributed by atoms with Gasteiger partial charge in [0.1, 0.15) is 0 Å². The van der Waals surface area contributed by atoms with E-state index in [-0.39, 0.29) is 17.5 Å². The maximum atomic E-state index is 13.2. The zero-order chi connectivity index (χ0) is 22.7. The molecule has 1 aliphatic heterocycles. The number of piperidine rings is 1. The molecule has 1 saturated heterocycles. The number of carboxylic acid groups (broad SMARTS) is 1. The summed E-state index contributed by atoms with van der Waals surface area (Å²) >= 11 is 0. The Balaban J connectivity index is 1.28. The van der Waals surface area contributed by atoms with Gasteiger partial charge in [-0.15, -0.1) is 0 Å². The molecule has 3 unspecified atom stereocenters. The second-order valence-corrected chi connectivity index (χ2v) is 9.14. The maximum absolute atomic E-state index is 13.2. The third-order valence-electron chi connectivity index (χ3n) is 6.98. The molecule has 5 rings (SSSR count). The SMILES string of the molecule is O=C(O)c1ccc(C2(NC(=O)C3CC4CC4N3Cc3ccc(C(F)(F)F)cc3)CC2)cc1. The van der Waals surface area contributed by atoms with Gasteiger partial charge in [0, 0.05) is 12.6 Å². The van der Waals surface area contributed by atoms with E-state index in [0.29, 0.717) is 18.5 Å². The lowest BCUT2D eigenvalue weighted by molar-refractivity contribution is -0.137. The van der Waals surface area contributed by atoms with Crippen LogP contribution in [0.5, 0.6) is 0 Å². The van der Waals surface area contributed by atoms with E-state index in [2.05, 4.69) is 10.2 Å². The molecule has 8 heteroatoms. The lowest BCUT2D eigenvalue weighted by atomic mass is 10.0. The summed E-state index contributed by atoms with van der Waals surface area (Å²) < 4.78 is 38.5. The number of likely N-dealkylation sites (tertiary alicyclic amines) is 1. The molecule has 3 aliphatic rings. The summed E-state index contributed by atoms with van der Waals surface area (Å²) in [5.41, 5.74) is 0.725. The number of nitrogens with zero attached hydrogens (tertiary/aromatic N) is 1. The third kappa shape index (κ3) is 3.88. The summed E-state index contributed by atoms with van der Waals surface area (Å²) in [6, 6.07) is 11.7. The number of halogens is 3. The Morgan fingerprint density at radius 2 is 1.69 bits per heavy atom. The number of rotatable bonds is 6. The van der Waals surface area contributed by atoms with Crippen molar-refractivity contribution < 1.29 is 27.9 Å². The Morgan fingerprint density at radius 1 is 1.03 bits per heavy atom. The van der Waals surface area contributed by atoms with Crippen molar-refractivity contribution in [3.05, 3.63) is 70.8 Å². The number of aromatic carboxylic acids is 1. The first kappa shape index (κ1) is 21.0. The predicted molar refractivity (Wildman–Crippen MR) is 110 cm³/mol. The first-order chi connectivity index (χ1) is 15.2. The monoisotopic (exact) mass is 444 g/mol. The number of amides is 1. The molecule has 2 aromatic carbocycles. The van der Waals surface area contributed by atoms with Gasteiger partial charge in [-0.1, -0.05) is 24.3 Å². The molecular weight excluding hydrogens is 421 g/mol. The average Bonchev–Trinajstić information content (AvgIpc) is 3.67. The largest absolute Gasteiger partial charge is 0.478 e. The molecule has 2 aliphatic carbocycles. The van der Waals surface area contributed by atoms with Gasteiger partial charge in [0.25, 0.3) is 0 Å². The van der Waals surface area contributed by atoms with E-state index < -0.39 is 23.2 Å². The smallest absolute Gasteiger partial charge is 0.416 e. The van der Waals surface area contributed by atoms with Gasteiger partial charge in [-0.05, 0) is 67.0 Å². The average molecular weight is 444 g/mol. The van der Waals surface area contributed by atoms with Gasteiger partial charge < -0.3 is 10.4 Å². The third-order valence-corrected chi connectivity index (χ3v) is 6.98. The predicted octanol–water partition coefficient (Wildman–Crippen LogP) is 4.17. The second-order valence-electron chi connectivity index (χ2n) is 9.14. The van der Waals surface area contributed by atoms with Crippen molar-refractivity contribution in [1.29, 1.82) is 0 Å². The molecule has 2 aromatic rings. The molecule has 1 amide bonds. The van der Waals surface area contributed by atoms with Crippen LogP contribution in [0.1, 0.15) is 52.7 Å². The minimum absolute atomic E-state index is 0.0658. The quantitative estimate of drug-likeness (QED) is 0.702. The number of fused-ring (bicyclic) bond motifs is 1. The van der Waals surface area contributed by atoms with E-state index in [4.69, 9.17) is 5.11 Å². The van der Waals surface area contributed by atoms with Crippen LogP contribution < -0.4 is 5.32 Å².